The normalized spacial score (nSPS) is 10.6. The molecule has 2 nitrogen and oxygen atoms in total. The number of halogens is 1. The maximum Gasteiger partial charge on any atom is 0.171 e. The first-order valence-corrected chi connectivity index (χ1v) is 8.55. The lowest BCUT2D eigenvalue weighted by Crippen LogP contribution is -2.14. The van der Waals surface area contributed by atoms with Crippen molar-refractivity contribution in [2.24, 2.45) is 0 Å². The molecule has 1 aromatic rings. The van der Waals surface area contributed by atoms with Crippen LogP contribution in [0.1, 0.15) is 0 Å². The second-order valence-electron chi connectivity index (χ2n) is 3.20. The third-order valence-corrected chi connectivity index (χ3v) is 3.42. The summed E-state index contributed by atoms with van der Waals surface area (Å²) in [5.41, 5.74) is 0. The molecule has 0 amide bonds. The van der Waals surface area contributed by atoms with E-state index in [1.165, 1.54) is 0 Å². The summed E-state index contributed by atoms with van der Waals surface area (Å²) in [6.45, 7) is 5.67. The Hall–Kier alpha value is -0.0731. The van der Waals surface area contributed by atoms with Gasteiger partial charge in [0.15, 0.2) is 9.04 Å². The van der Waals surface area contributed by atoms with Crippen LogP contribution in [-0.4, -0.2) is 22.3 Å². The van der Waals surface area contributed by atoms with Crippen LogP contribution in [-0.2, 0) is 4.43 Å². The molecule has 0 aromatic heterocycles. The van der Waals surface area contributed by atoms with E-state index >= 15 is 0 Å². The number of rotatable bonds is 5. The molecule has 0 bridgehead atoms. The van der Waals surface area contributed by atoms with E-state index in [0.717, 1.165) is 9.32 Å². The van der Waals surface area contributed by atoms with Gasteiger partial charge in [-0.2, -0.15) is 0 Å². The Balaban J connectivity index is 2.28. The number of para-hydroxylation sites is 1. The zero-order valence-electron chi connectivity index (χ0n) is 8.50. The summed E-state index contributed by atoms with van der Waals surface area (Å²) in [5.74, 6) is 0.946. The maximum absolute atomic E-state index is 5.58. The Kier molecular flexibility index (Phi) is 5.50. The molecule has 0 unspecified atom stereocenters. The predicted octanol–water partition coefficient (Wildman–Crippen LogP) is 2.67. The summed E-state index contributed by atoms with van der Waals surface area (Å²) in [4.78, 5) is 0. The second kappa shape index (κ2) is 6.42. The van der Waals surface area contributed by atoms with Crippen LogP contribution in [0.2, 0.25) is 13.1 Å². The summed E-state index contributed by atoms with van der Waals surface area (Å²) in [6.07, 6.45) is 0. The van der Waals surface area contributed by atoms with E-state index in [1.54, 1.807) is 0 Å². The summed E-state index contributed by atoms with van der Waals surface area (Å²) in [7, 11) is -0.890. The minimum atomic E-state index is -0.890. The molecule has 0 aliphatic rings. The molecule has 14 heavy (non-hydrogen) atoms. The molecule has 78 valence electrons. The average Bonchev–Trinajstić information content (AvgIpc) is 2.15. The van der Waals surface area contributed by atoms with Crippen molar-refractivity contribution in [3.8, 4) is 5.75 Å². The molecule has 1 rings (SSSR count). The summed E-state index contributed by atoms with van der Waals surface area (Å²) in [6, 6.07) is 8.00. The van der Waals surface area contributed by atoms with Crippen LogP contribution < -0.4 is 4.74 Å². The zero-order chi connectivity index (χ0) is 10.4. The number of hydrogen-bond donors (Lipinski definition) is 0. The molecule has 0 saturated carbocycles. The summed E-state index contributed by atoms with van der Waals surface area (Å²) in [5, 5.41) is 0. The Morgan fingerprint density at radius 1 is 1.21 bits per heavy atom. The van der Waals surface area contributed by atoms with E-state index in [9.17, 15) is 0 Å². The highest BCUT2D eigenvalue weighted by molar-refractivity contribution is 14.1. The Morgan fingerprint density at radius 2 is 1.93 bits per heavy atom. The molecular formula is C10H15IO2Si. The third kappa shape index (κ3) is 4.43. The molecule has 0 aliphatic carbocycles. The molecule has 0 heterocycles. The van der Waals surface area contributed by atoms with E-state index in [-0.39, 0.29) is 0 Å². The van der Waals surface area contributed by atoms with Crippen molar-refractivity contribution in [1.29, 1.82) is 0 Å². The van der Waals surface area contributed by atoms with Gasteiger partial charge in [-0.05, 0) is 47.8 Å². The highest BCUT2D eigenvalue weighted by atomic mass is 127. The third-order valence-electron chi connectivity index (χ3n) is 1.63. The van der Waals surface area contributed by atoms with Crippen LogP contribution >= 0.6 is 22.6 Å². The minimum Gasteiger partial charge on any atom is -0.490 e. The fourth-order valence-electron chi connectivity index (χ4n) is 0.997. The van der Waals surface area contributed by atoms with Gasteiger partial charge < -0.3 is 9.16 Å². The Morgan fingerprint density at radius 3 is 2.57 bits per heavy atom. The summed E-state index contributed by atoms with van der Waals surface area (Å²) < 4.78 is 12.2. The van der Waals surface area contributed by atoms with Gasteiger partial charge in [0.05, 0.1) is 10.2 Å². The van der Waals surface area contributed by atoms with Gasteiger partial charge in [-0.3, -0.25) is 0 Å². The van der Waals surface area contributed by atoms with Gasteiger partial charge in [-0.15, -0.1) is 0 Å². The molecule has 0 saturated heterocycles. The van der Waals surface area contributed by atoms with Crippen molar-refractivity contribution in [2.45, 2.75) is 13.1 Å². The highest BCUT2D eigenvalue weighted by Crippen LogP contribution is 2.19. The smallest absolute Gasteiger partial charge is 0.171 e. The first-order chi connectivity index (χ1) is 6.70. The van der Waals surface area contributed by atoms with Gasteiger partial charge in [0, 0.05) is 0 Å². The first kappa shape index (κ1) is 12.0. The first-order valence-electron chi connectivity index (χ1n) is 4.69. The van der Waals surface area contributed by atoms with Crippen molar-refractivity contribution in [3.63, 3.8) is 0 Å². The highest BCUT2D eigenvalue weighted by Gasteiger charge is 1.99. The van der Waals surface area contributed by atoms with Crippen molar-refractivity contribution < 1.29 is 9.16 Å². The lowest BCUT2D eigenvalue weighted by atomic mass is 10.3. The number of ether oxygens (including phenoxy) is 1. The van der Waals surface area contributed by atoms with Crippen molar-refractivity contribution in [2.75, 3.05) is 13.2 Å². The van der Waals surface area contributed by atoms with Gasteiger partial charge in [-0.1, -0.05) is 12.1 Å². The topological polar surface area (TPSA) is 18.5 Å². The fourth-order valence-corrected chi connectivity index (χ4v) is 2.11. The lowest BCUT2D eigenvalue weighted by molar-refractivity contribution is 0.218. The molecule has 0 fully saturated rings. The molecule has 0 aliphatic heterocycles. The van der Waals surface area contributed by atoms with Gasteiger partial charge >= 0.3 is 0 Å². The molecule has 4 heteroatoms. The SMILES string of the molecule is C[SiH](C)OCCOc1ccccc1I. The van der Waals surface area contributed by atoms with E-state index in [4.69, 9.17) is 9.16 Å². The lowest BCUT2D eigenvalue weighted by Gasteiger charge is -2.09. The Labute approximate surface area is 100 Å². The summed E-state index contributed by atoms with van der Waals surface area (Å²) >= 11 is 2.27. The molecular weight excluding hydrogens is 307 g/mol. The van der Waals surface area contributed by atoms with Gasteiger partial charge in [0.25, 0.3) is 0 Å². The van der Waals surface area contributed by atoms with Crippen LogP contribution in [0.25, 0.3) is 0 Å². The van der Waals surface area contributed by atoms with E-state index in [2.05, 4.69) is 35.7 Å². The number of hydrogen-bond acceptors (Lipinski definition) is 2. The van der Waals surface area contributed by atoms with E-state index < -0.39 is 9.04 Å². The Bertz CT molecular complexity index is 279. The van der Waals surface area contributed by atoms with Crippen LogP contribution in [0.5, 0.6) is 5.75 Å². The molecule has 0 atom stereocenters. The van der Waals surface area contributed by atoms with Crippen LogP contribution in [0, 0.1) is 3.57 Å². The second-order valence-corrected chi connectivity index (χ2v) is 6.79. The zero-order valence-corrected chi connectivity index (χ0v) is 11.8. The molecule has 0 N–H and O–H groups in total. The maximum atomic E-state index is 5.58. The van der Waals surface area contributed by atoms with Crippen LogP contribution in [0.15, 0.2) is 24.3 Å². The molecule has 1 aromatic carbocycles. The van der Waals surface area contributed by atoms with Gasteiger partial charge in [0.1, 0.15) is 12.4 Å². The average molecular weight is 322 g/mol. The van der Waals surface area contributed by atoms with Crippen LogP contribution in [0.4, 0.5) is 0 Å². The standard InChI is InChI=1S/C10H15IO2Si/c1-14(2)13-8-7-12-10-6-4-3-5-9(10)11/h3-6,14H,7-8H2,1-2H3. The largest absolute Gasteiger partial charge is 0.490 e. The van der Waals surface area contributed by atoms with Crippen LogP contribution in [0.3, 0.4) is 0 Å². The van der Waals surface area contributed by atoms with Crippen molar-refractivity contribution >= 4 is 31.6 Å². The molecule has 0 radical (unpaired) electrons. The quantitative estimate of drug-likeness (QED) is 0.471. The van der Waals surface area contributed by atoms with E-state index in [1.807, 2.05) is 24.3 Å². The van der Waals surface area contributed by atoms with Crippen molar-refractivity contribution in [1.82, 2.24) is 0 Å². The fraction of sp³-hybridized carbons (Fsp3) is 0.400. The monoisotopic (exact) mass is 322 g/mol. The van der Waals surface area contributed by atoms with Gasteiger partial charge in [-0.25, -0.2) is 0 Å². The van der Waals surface area contributed by atoms with Crippen molar-refractivity contribution in [3.05, 3.63) is 27.8 Å². The van der Waals surface area contributed by atoms with Gasteiger partial charge in [0.2, 0.25) is 0 Å². The van der Waals surface area contributed by atoms with E-state index in [0.29, 0.717) is 13.2 Å². The minimum absolute atomic E-state index is 0.644. The number of benzene rings is 1. The predicted molar refractivity (Wildman–Crippen MR) is 69.5 cm³/mol. The molecule has 0 spiro atoms.